The van der Waals surface area contributed by atoms with E-state index in [4.69, 9.17) is 20.9 Å². The van der Waals surface area contributed by atoms with Gasteiger partial charge in [0.2, 0.25) is 5.89 Å². The van der Waals surface area contributed by atoms with Crippen LogP contribution in [-0.4, -0.2) is 53.7 Å². The summed E-state index contributed by atoms with van der Waals surface area (Å²) < 4.78 is 11.3. The fourth-order valence-electron chi connectivity index (χ4n) is 3.16. The molecule has 0 spiro atoms. The number of halogens is 1. The molecule has 1 amide bonds. The van der Waals surface area contributed by atoms with E-state index in [9.17, 15) is 4.79 Å². The number of likely N-dealkylation sites (tertiary alicyclic amines) is 1. The van der Waals surface area contributed by atoms with Crippen LogP contribution >= 0.6 is 11.6 Å². The Bertz CT molecular complexity index is 789. The summed E-state index contributed by atoms with van der Waals surface area (Å²) in [6, 6.07) is 7.01. The van der Waals surface area contributed by atoms with Crippen LogP contribution < -0.4 is 9.64 Å². The zero-order valence-electron chi connectivity index (χ0n) is 16.1. The van der Waals surface area contributed by atoms with Crippen molar-refractivity contribution in [2.24, 2.45) is 0 Å². The average Bonchev–Trinajstić information content (AvgIpc) is 3.13. The van der Waals surface area contributed by atoms with Crippen LogP contribution in [-0.2, 0) is 4.79 Å². The van der Waals surface area contributed by atoms with Gasteiger partial charge in [0.05, 0.1) is 5.92 Å². The van der Waals surface area contributed by atoms with Crippen molar-refractivity contribution < 1.29 is 14.1 Å². The van der Waals surface area contributed by atoms with Crippen LogP contribution in [0.4, 0.5) is 5.95 Å². The quantitative estimate of drug-likeness (QED) is 0.777. The van der Waals surface area contributed by atoms with Gasteiger partial charge < -0.3 is 19.1 Å². The fraction of sp³-hybridized carbons (Fsp3) is 0.526. The van der Waals surface area contributed by atoms with Crippen molar-refractivity contribution in [1.29, 1.82) is 0 Å². The second-order valence-electron chi connectivity index (χ2n) is 7.48. The van der Waals surface area contributed by atoms with Gasteiger partial charge in [-0.3, -0.25) is 4.79 Å². The molecule has 3 rings (SSSR count). The zero-order chi connectivity index (χ0) is 19.6. The van der Waals surface area contributed by atoms with E-state index in [-0.39, 0.29) is 11.8 Å². The first kappa shape index (κ1) is 19.5. The molecular weight excluding hydrogens is 368 g/mol. The minimum absolute atomic E-state index is 0.0373. The fourth-order valence-corrected chi connectivity index (χ4v) is 3.29. The lowest BCUT2D eigenvalue weighted by molar-refractivity contribution is -0.146. The van der Waals surface area contributed by atoms with Gasteiger partial charge in [-0.05, 0) is 56.1 Å². The van der Waals surface area contributed by atoms with Gasteiger partial charge in [-0.2, -0.15) is 4.98 Å². The van der Waals surface area contributed by atoms with Crippen LogP contribution in [0.3, 0.4) is 0 Å². The Kier molecular flexibility index (Phi) is 5.60. The third kappa shape index (κ3) is 4.53. The lowest BCUT2D eigenvalue weighted by atomic mass is 9.96. The van der Waals surface area contributed by atoms with Crippen molar-refractivity contribution in [1.82, 2.24) is 15.0 Å². The van der Waals surface area contributed by atoms with Crippen LogP contribution in [0.25, 0.3) is 0 Å². The lowest BCUT2D eigenvalue weighted by Crippen LogP contribution is -2.51. The molecule has 1 fully saturated rings. The molecule has 1 atom stereocenters. The summed E-state index contributed by atoms with van der Waals surface area (Å²) in [5, 5.41) is 4.60. The first-order valence-electron chi connectivity index (χ1n) is 9.01. The molecule has 1 aliphatic rings. The largest absolute Gasteiger partial charge is 0.478 e. The molecule has 0 N–H and O–H groups in total. The van der Waals surface area contributed by atoms with Gasteiger partial charge in [-0.15, -0.1) is 0 Å². The SMILES string of the molecule is CN(C)c1noc(C2CCCN(C(=O)C(C)(C)Oc3ccc(Cl)cc3)C2)n1. The molecule has 8 heteroatoms. The number of hydrogen-bond donors (Lipinski definition) is 0. The second kappa shape index (κ2) is 7.76. The summed E-state index contributed by atoms with van der Waals surface area (Å²) in [5.74, 6) is 1.70. The molecular formula is C19H25ClN4O3. The Morgan fingerprint density at radius 3 is 2.67 bits per heavy atom. The Morgan fingerprint density at radius 2 is 2.04 bits per heavy atom. The summed E-state index contributed by atoms with van der Waals surface area (Å²) in [5.41, 5.74) is -0.987. The highest BCUT2D eigenvalue weighted by atomic mass is 35.5. The van der Waals surface area contributed by atoms with Crippen molar-refractivity contribution in [3.05, 3.63) is 35.2 Å². The number of piperidine rings is 1. The Morgan fingerprint density at radius 1 is 1.33 bits per heavy atom. The number of amides is 1. The van der Waals surface area contributed by atoms with E-state index >= 15 is 0 Å². The van der Waals surface area contributed by atoms with E-state index in [2.05, 4.69) is 10.1 Å². The first-order valence-corrected chi connectivity index (χ1v) is 9.39. The summed E-state index contributed by atoms with van der Waals surface area (Å²) in [7, 11) is 3.73. The molecule has 1 aromatic carbocycles. The minimum Gasteiger partial charge on any atom is -0.478 e. The highest BCUT2D eigenvalue weighted by Gasteiger charge is 2.37. The monoisotopic (exact) mass is 392 g/mol. The number of carbonyl (C=O) groups excluding carboxylic acids is 1. The highest BCUT2D eigenvalue weighted by Crippen LogP contribution is 2.29. The van der Waals surface area contributed by atoms with Crippen molar-refractivity contribution in [3.63, 3.8) is 0 Å². The molecule has 0 bridgehead atoms. The first-order chi connectivity index (χ1) is 12.8. The molecule has 146 valence electrons. The summed E-state index contributed by atoms with van der Waals surface area (Å²) in [6.45, 7) is 4.80. The Balaban J connectivity index is 1.68. The zero-order valence-corrected chi connectivity index (χ0v) is 16.9. The normalized spacial score (nSPS) is 17.7. The van der Waals surface area contributed by atoms with Gasteiger partial charge in [0, 0.05) is 32.2 Å². The molecule has 0 aliphatic carbocycles. The number of benzene rings is 1. The van der Waals surface area contributed by atoms with Crippen molar-refractivity contribution in [2.75, 3.05) is 32.1 Å². The van der Waals surface area contributed by atoms with Gasteiger partial charge in [-0.1, -0.05) is 11.6 Å². The van der Waals surface area contributed by atoms with Gasteiger partial charge in [0.1, 0.15) is 5.75 Å². The number of carbonyl (C=O) groups is 1. The van der Waals surface area contributed by atoms with Crippen LogP contribution in [0.2, 0.25) is 5.02 Å². The van der Waals surface area contributed by atoms with Crippen molar-refractivity contribution in [3.8, 4) is 5.75 Å². The third-order valence-corrected chi connectivity index (χ3v) is 4.84. The maximum Gasteiger partial charge on any atom is 0.266 e. The highest BCUT2D eigenvalue weighted by molar-refractivity contribution is 6.30. The summed E-state index contributed by atoms with van der Waals surface area (Å²) >= 11 is 5.91. The molecule has 0 saturated carbocycles. The molecule has 1 unspecified atom stereocenters. The Labute approximate surface area is 164 Å². The minimum atomic E-state index is -0.987. The van der Waals surface area contributed by atoms with E-state index in [0.29, 0.717) is 35.7 Å². The van der Waals surface area contributed by atoms with Crippen LogP contribution in [0.1, 0.15) is 38.5 Å². The van der Waals surface area contributed by atoms with E-state index in [0.717, 1.165) is 12.8 Å². The van der Waals surface area contributed by atoms with E-state index in [1.165, 1.54) is 0 Å². The third-order valence-electron chi connectivity index (χ3n) is 4.59. The molecule has 1 aromatic heterocycles. The summed E-state index contributed by atoms with van der Waals surface area (Å²) in [4.78, 5) is 21.1. The van der Waals surface area contributed by atoms with E-state index < -0.39 is 5.60 Å². The molecule has 0 radical (unpaired) electrons. The van der Waals surface area contributed by atoms with Crippen molar-refractivity contribution >= 4 is 23.5 Å². The Hall–Kier alpha value is -2.28. The number of aromatic nitrogens is 2. The summed E-state index contributed by atoms with van der Waals surface area (Å²) in [6.07, 6.45) is 1.80. The topological polar surface area (TPSA) is 71.7 Å². The van der Waals surface area contributed by atoms with Gasteiger partial charge in [0.15, 0.2) is 5.60 Å². The number of anilines is 1. The molecule has 7 nitrogen and oxygen atoms in total. The molecule has 2 heterocycles. The smallest absolute Gasteiger partial charge is 0.266 e. The lowest BCUT2D eigenvalue weighted by Gasteiger charge is -2.36. The molecule has 1 aliphatic heterocycles. The van der Waals surface area contributed by atoms with Gasteiger partial charge in [-0.25, -0.2) is 0 Å². The standard InChI is InChI=1S/C19H25ClN4O3/c1-19(2,26-15-9-7-14(20)8-10-15)17(25)24-11-5-6-13(12-24)16-21-18(22-27-16)23(3)4/h7-10,13H,5-6,11-12H2,1-4H3. The number of nitrogens with zero attached hydrogens (tertiary/aromatic N) is 4. The molecule has 27 heavy (non-hydrogen) atoms. The van der Waals surface area contributed by atoms with Crippen LogP contribution in [0.15, 0.2) is 28.8 Å². The number of hydrogen-bond acceptors (Lipinski definition) is 6. The van der Waals surface area contributed by atoms with Crippen LogP contribution in [0.5, 0.6) is 5.75 Å². The number of rotatable bonds is 5. The van der Waals surface area contributed by atoms with E-state index in [1.54, 1.807) is 43.0 Å². The molecule has 2 aromatic rings. The average molecular weight is 393 g/mol. The van der Waals surface area contributed by atoms with Gasteiger partial charge in [0.25, 0.3) is 11.9 Å². The van der Waals surface area contributed by atoms with Gasteiger partial charge >= 0.3 is 0 Å². The second-order valence-corrected chi connectivity index (χ2v) is 7.92. The predicted octanol–water partition coefficient (Wildman–Crippen LogP) is 3.35. The maximum atomic E-state index is 13.1. The predicted molar refractivity (Wildman–Crippen MR) is 103 cm³/mol. The van der Waals surface area contributed by atoms with E-state index in [1.807, 2.05) is 19.0 Å². The maximum absolute atomic E-state index is 13.1. The van der Waals surface area contributed by atoms with Crippen molar-refractivity contribution in [2.45, 2.75) is 38.2 Å². The molecule has 1 saturated heterocycles. The number of ether oxygens (including phenoxy) is 1. The van der Waals surface area contributed by atoms with Crippen LogP contribution in [0, 0.1) is 0 Å².